The van der Waals surface area contributed by atoms with Gasteiger partial charge < -0.3 is 10.1 Å². The van der Waals surface area contributed by atoms with Crippen molar-refractivity contribution in [3.05, 3.63) is 29.8 Å². The summed E-state index contributed by atoms with van der Waals surface area (Å²) in [7, 11) is 0. The van der Waals surface area contributed by atoms with Crippen molar-refractivity contribution in [3.63, 3.8) is 0 Å². The number of hydrogen-bond donors (Lipinski definition) is 1. The van der Waals surface area contributed by atoms with Crippen LogP contribution in [0.25, 0.3) is 0 Å². The first-order chi connectivity index (χ1) is 8.48. The van der Waals surface area contributed by atoms with E-state index < -0.39 is 0 Å². The Morgan fingerprint density at radius 1 is 1.44 bits per heavy atom. The van der Waals surface area contributed by atoms with Gasteiger partial charge in [-0.25, -0.2) is 0 Å². The largest absolute Gasteiger partial charge is 0.382 e. The molecule has 0 spiro atoms. The van der Waals surface area contributed by atoms with Crippen molar-refractivity contribution in [2.24, 2.45) is 0 Å². The minimum atomic E-state index is 0.0228. The van der Waals surface area contributed by atoms with Gasteiger partial charge in [0.2, 0.25) is 0 Å². The molecule has 0 radical (unpaired) electrons. The highest BCUT2D eigenvalue weighted by Gasteiger charge is 2.31. The number of halogens is 1. The average molecular weight is 268 g/mol. The van der Waals surface area contributed by atoms with Crippen molar-refractivity contribution in [1.82, 2.24) is 0 Å². The van der Waals surface area contributed by atoms with Gasteiger partial charge in [0.25, 0.3) is 0 Å². The summed E-state index contributed by atoms with van der Waals surface area (Å²) in [5, 5.41) is 3.49. The molecule has 2 rings (SSSR count). The second-order valence-electron chi connectivity index (χ2n) is 5.62. The van der Waals surface area contributed by atoms with E-state index in [2.05, 4.69) is 31.3 Å². The van der Waals surface area contributed by atoms with Crippen molar-refractivity contribution in [2.45, 2.75) is 50.7 Å². The van der Waals surface area contributed by atoms with Gasteiger partial charge in [-0.3, -0.25) is 0 Å². The summed E-state index contributed by atoms with van der Waals surface area (Å²) in [6.07, 6.45) is 2.56. The van der Waals surface area contributed by atoms with E-state index in [0.29, 0.717) is 6.10 Å². The third-order valence-corrected chi connectivity index (χ3v) is 3.70. The van der Waals surface area contributed by atoms with Crippen LogP contribution in [0.3, 0.4) is 0 Å². The number of anilines is 1. The maximum atomic E-state index is 6.18. The summed E-state index contributed by atoms with van der Waals surface area (Å²) in [5.74, 6) is 0. The molecule has 2 atom stereocenters. The lowest BCUT2D eigenvalue weighted by Gasteiger charge is -2.20. The summed E-state index contributed by atoms with van der Waals surface area (Å²) >= 11 is 6.18. The molecule has 0 saturated carbocycles. The van der Waals surface area contributed by atoms with Crippen LogP contribution in [0.15, 0.2) is 24.3 Å². The van der Waals surface area contributed by atoms with Crippen LogP contribution in [-0.4, -0.2) is 18.2 Å². The average Bonchev–Trinajstić information content (AvgIpc) is 2.66. The highest BCUT2D eigenvalue weighted by molar-refractivity contribution is 6.21. The molecule has 1 aliphatic heterocycles. The van der Waals surface area contributed by atoms with E-state index in [4.69, 9.17) is 16.3 Å². The smallest absolute Gasteiger partial charge is 0.0755 e. The van der Waals surface area contributed by atoms with Crippen LogP contribution in [0, 0.1) is 0 Å². The number of nitrogens with one attached hydrogen (secondary N) is 1. The lowest BCUT2D eigenvalue weighted by atomic mass is 10.1. The Kier molecular flexibility index (Phi) is 4.18. The van der Waals surface area contributed by atoms with Crippen molar-refractivity contribution >= 4 is 17.3 Å². The molecule has 100 valence electrons. The molecule has 0 amide bonds. The van der Waals surface area contributed by atoms with Gasteiger partial charge in [0.15, 0.2) is 0 Å². The summed E-state index contributed by atoms with van der Waals surface area (Å²) in [5.41, 5.74) is 2.30. The van der Waals surface area contributed by atoms with E-state index in [-0.39, 0.29) is 11.0 Å². The van der Waals surface area contributed by atoms with E-state index >= 15 is 0 Å². The molecule has 2 nitrogen and oxygen atoms in total. The molecule has 0 bridgehead atoms. The lowest BCUT2D eigenvalue weighted by Crippen LogP contribution is -2.25. The molecular weight excluding hydrogens is 246 g/mol. The summed E-state index contributed by atoms with van der Waals surface area (Å²) < 4.78 is 5.98. The standard InChI is InChI=1S/C15H22ClNO/c1-11(16)13-6-4-5-7-14(13)17-10-12-8-9-15(2,3)18-12/h4-7,11-12,17H,8-10H2,1-3H3. The number of rotatable bonds is 4. The van der Waals surface area contributed by atoms with Crippen molar-refractivity contribution in [2.75, 3.05) is 11.9 Å². The quantitative estimate of drug-likeness (QED) is 0.819. The van der Waals surface area contributed by atoms with Gasteiger partial charge in [0.1, 0.15) is 0 Å². The molecule has 0 aliphatic carbocycles. The Bertz CT molecular complexity index is 403. The predicted molar refractivity (Wildman–Crippen MR) is 77.4 cm³/mol. The van der Waals surface area contributed by atoms with Gasteiger partial charge in [-0.15, -0.1) is 11.6 Å². The number of para-hydroxylation sites is 1. The Hall–Kier alpha value is -0.730. The summed E-state index contributed by atoms with van der Waals surface area (Å²) in [4.78, 5) is 0. The predicted octanol–water partition coefficient (Wildman–Crippen LogP) is 4.36. The van der Waals surface area contributed by atoms with E-state index in [1.165, 1.54) is 0 Å². The first-order valence-corrected chi connectivity index (χ1v) is 7.06. The van der Waals surface area contributed by atoms with Crippen LogP contribution in [-0.2, 0) is 4.74 Å². The van der Waals surface area contributed by atoms with Crippen molar-refractivity contribution < 1.29 is 4.74 Å². The van der Waals surface area contributed by atoms with Gasteiger partial charge in [0.05, 0.1) is 17.1 Å². The fourth-order valence-electron chi connectivity index (χ4n) is 2.45. The number of alkyl halides is 1. The molecule has 1 saturated heterocycles. The molecule has 3 heteroatoms. The normalized spacial score (nSPS) is 23.9. The van der Waals surface area contributed by atoms with Crippen LogP contribution in [0.1, 0.15) is 44.6 Å². The van der Waals surface area contributed by atoms with Crippen molar-refractivity contribution in [3.8, 4) is 0 Å². The van der Waals surface area contributed by atoms with E-state index in [1.807, 2.05) is 19.1 Å². The van der Waals surface area contributed by atoms with Crippen LogP contribution >= 0.6 is 11.6 Å². The second kappa shape index (κ2) is 5.50. The third-order valence-electron chi connectivity index (χ3n) is 3.46. The Morgan fingerprint density at radius 2 is 2.17 bits per heavy atom. The molecule has 18 heavy (non-hydrogen) atoms. The second-order valence-corrected chi connectivity index (χ2v) is 6.28. The van der Waals surface area contributed by atoms with Gasteiger partial charge in [-0.2, -0.15) is 0 Å². The molecule has 1 N–H and O–H groups in total. The zero-order valence-electron chi connectivity index (χ0n) is 11.4. The molecule has 1 fully saturated rings. The minimum absolute atomic E-state index is 0.0228. The van der Waals surface area contributed by atoms with Crippen LogP contribution in [0.2, 0.25) is 0 Å². The number of benzene rings is 1. The van der Waals surface area contributed by atoms with Gasteiger partial charge in [-0.1, -0.05) is 18.2 Å². The van der Waals surface area contributed by atoms with Crippen LogP contribution in [0.5, 0.6) is 0 Å². The van der Waals surface area contributed by atoms with Crippen molar-refractivity contribution in [1.29, 1.82) is 0 Å². The van der Waals surface area contributed by atoms with E-state index in [1.54, 1.807) is 0 Å². The summed E-state index contributed by atoms with van der Waals surface area (Å²) in [6.45, 7) is 7.16. The maximum Gasteiger partial charge on any atom is 0.0755 e. The molecule has 0 aromatic heterocycles. The fraction of sp³-hybridized carbons (Fsp3) is 0.600. The Morgan fingerprint density at radius 3 is 2.78 bits per heavy atom. The fourth-order valence-corrected chi connectivity index (χ4v) is 2.64. The SMILES string of the molecule is CC(Cl)c1ccccc1NCC1CCC(C)(C)O1. The first kappa shape index (κ1) is 13.7. The first-order valence-electron chi connectivity index (χ1n) is 6.63. The lowest BCUT2D eigenvalue weighted by molar-refractivity contribution is -0.00911. The monoisotopic (exact) mass is 267 g/mol. The highest BCUT2D eigenvalue weighted by atomic mass is 35.5. The van der Waals surface area contributed by atoms with Crippen LogP contribution < -0.4 is 5.32 Å². The molecule has 2 unspecified atom stereocenters. The number of hydrogen-bond acceptors (Lipinski definition) is 2. The number of ether oxygens (including phenoxy) is 1. The molecule has 1 aromatic rings. The third kappa shape index (κ3) is 3.39. The van der Waals surface area contributed by atoms with Gasteiger partial charge in [0, 0.05) is 12.2 Å². The van der Waals surface area contributed by atoms with E-state index in [9.17, 15) is 0 Å². The minimum Gasteiger partial charge on any atom is -0.382 e. The van der Waals surface area contributed by atoms with E-state index in [0.717, 1.165) is 30.6 Å². The summed E-state index contributed by atoms with van der Waals surface area (Å²) in [6, 6.07) is 8.20. The topological polar surface area (TPSA) is 21.3 Å². The van der Waals surface area contributed by atoms with Gasteiger partial charge in [-0.05, 0) is 45.2 Å². The highest BCUT2D eigenvalue weighted by Crippen LogP contribution is 2.31. The molecule has 1 heterocycles. The molecular formula is C15H22ClNO. The molecule has 1 aliphatic rings. The Balaban J connectivity index is 1.95. The zero-order chi connectivity index (χ0) is 13.2. The maximum absolute atomic E-state index is 6.18. The van der Waals surface area contributed by atoms with Crippen LogP contribution in [0.4, 0.5) is 5.69 Å². The molecule has 1 aromatic carbocycles. The van der Waals surface area contributed by atoms with Gasteiger partial charge >= 0.3 is 0 Å². The Labute approximate surface area is 115 Å². The zero-order valence-corrected chi connectivity index (χ0v) is 12.1.